The maximum absolute atomic E-state index is 9.83. The second-order valence-electron chi connectivity index (χ2n) is 3.15. The summed E-state index contributed by atoms with van der Waals surface area (Å²) >= 11 is 0. The zero-order valence-electron chi connectivity index (χ0n) is 8.45. The fourth-order valence-electron chi connectivity index (χ4n) is 1.35. The molecule has 14 heavy (non-hydrogen) atoms. The molecule has 4 nitrogen and oxygen atoms in total. The van der Waals surface area contributed by atoms with Crippen molar-refractivity contribution in [1.29, 1.82) is 0 Å². The maximum Gasteiger partial charge on any atom is 0.116 e. The first-order valence-electron chi connectivity index (χ1n) is 4.84. The van der Waals surface area contributed by atoms with Crippen molar-refractivity contribution in [1.82, 2.24) is 5.32 Å². The number of hydrogen-bond acceptors (Lipinski definition) is 4. The molecule has 0 aromatic heterocycles. The molecular weight excluding hydrogens is 180 g/mol. The number of ether oxygens (including phenoxy) is 1. The molecule has 0 radical (unpaired) electrons. The Morgan fingerprint density at radius 3 is 3.21 bits per heavy atom. The normalized spacial score (nSPS) is 15.5. The SMILES string of the molecule is COC1=CCCC(NCCCN=O)=C1. The lowest BCUT2D eigenvalue weighted by atomic mass is 10.1. The molecule has 4 heteroatoms. The Morgan fingerprint density at radius 2 is 2.50 bits per heavy atom. The number of rotatable bonds is 6. The van der Waals surface area contributed by atoms with Gasteiger partial charge in [-0.2, -0.15) is 4.91 Å². The van der Waals surface area contributed by atoms with Gasteiger partial charge in [0.2, 0.25) is 0 Å². The molecule has 0 fully saturated rings. The van der Waals surface area contributed by atoms with Crippen LogP contribution in [0.5, 0.6) is 0 Å². The van der Waals surface area contributed by atoms with Crippen LogP contribution in [-0.2, 0) is 4.74 Å². The molecule has 0 atom stereocenters. The molecule has 0 spiro atoms. The minimum atomic E-state index is 0.382. The van der Waals surface area contributed by atoms with Gasteiger partial charge in [-0.25, -0.2) is 0 Å². The summed E-state index contributed by atoms with van der Waals surface area (Å²) in [6, 6.07) is 0. The summed E-state index contributed by atoms with van der Waals surface area (Å²) in [5.74, 6) is 0.910. The second-order valence-corrected chi connectivity index (χ2v) is 3.15. The minimum absolute atomic E-state index is 0.382. The van der Waals surface area contributed by atoms with Gasteiger partial charge in [0.25, 0.3) is 0 Å². The Bertz CT molecular complexity index is 247. The van der Waals surface area contributed by atoms with Crippen molar-refractivity contribution in [3.63, 3.8) is 0 Å². The number of nitroso groups, excluding NO2 is 1. The van der Waals surface area contributed by atoms with Crippen LogP contribution in [-0.4, -0.2) is 20.2 Å². The summed E-state index contributed by atoms with van der Waals surface area (Å²) in [7, 11) is 1.67. The first kappa shape index (κ1) is 10.8. The number of nitrogens with zero attached hydrogens (tertiary/aromatic N) is 1. The van der Waals surface area contributed by atoms with Gasteiger partial charge in [-0.05, 0) is 31.4 Å². The van der Waals surface area contributed by atoms with Gasteiger partial charge in [-0.1, -0.05) is 5.18 Å². The fraction of sp³-hybridized carbons (Fsp3) is 0.600. The fourth-order valence-corrected chi connectivity index (χ4v) is 1.35. The lowest BCUT2D eigenvalue weighted by Crippen LogP contribution is -2.17. The Labute approximate surface area is 84.0 Å². The van der Waals surface area contributed by atoms with E-state index < -0.39 is 0 Å². The van der Waals surface area contributed by atoms with Crippen LogP contribution >= 0.6 is 0 Å². The number of allylic oxidation sites excluding steroid dienone is 3. The van der Waals surface area contributed by atoms with Gasteiger partial charge < -0.3 is 10.1 Å². The third-order valence-corrected chi connectivity index (χ3v) is 2.09. The van der Waals surface area contributed by atoms with Gasteiger partial charge in [-0.3, -0.25) is 0 Å². The van der Waals surface area contributed by atoms with Crippen molar-refractivity contribution < 1.29 is 4.74 Å². The third kappa shape index (κ3) is 3.60. The van der Waals surface area contributed by atoms with Gasteiger partial charge in [0.05, 0.1) is 13.7 Å². The minimum Gasteiger partial charge on any atom is -0.497 e. The molecule has 0 saturated heterocycles. The summed E-state index contributed by atoms with van der Waals surface area (Å²) in [5.41, 5.74) is 1.18. The summed E-state index contributed by atoms with van der Waals surface area (Å²) in [6.45, 7) is 1.18. The third-order valence-electron chi connectivity index (χ3n) is 2.09. The standard InChI is InChI=1S/C10H16N2O2/c1-14-10-5-2-4-9(8-10)11-6-3-7-12-13/h5,8,11H,2-4,6-7H2,1H3. The van der Waals surface area contributed by atoms with Gasteiger partial charge in [-0.15, -0.1) is 0 Å². The van der Waals surface area contributed by atoms with Crippen LogP contribution < -0.4 is 5.32 Å². The predicted molar refractivity (Wildman–Crippen MR) is 55.7 cm³/mol. The second kappa shape index (κ2) is 6.18. The Morgan fingerprint density at radius 1 is 1.64 bits per heavy atom. The molecular formula is C10H16N2O2. The molecule has 1 rings (SSSR count). The van der Waals surface area contributed by atoms with Crippen LogP contribution in [0.15, 0.2) is 28.8 Å². The van der Waals surface area contributed by atoms with Crippen molar-refractivity contribution >= 4 is 0 Å². The van der Waals surface area contributed by atoms with Gasteiger partial charge in [0.1, 0.15) is 5.76 Å². The molecule has 78 valence electrons. The van der Waals surface area contributed by atoms with Crippen molar-refractivity contribution in [3.8, 4) is 0 Å². The lowest BCUT2D eigenvalue weighted by Gasteiger charge is -2.14. The van der Waals surface area contributed by atoms with Crippen molar-refractivity contribution in [2.75, 3.05) is 20.2 Å². The summed E-state index contributed by atoms with van der Waals surface area (Å²) in [6.07, 6.45) is 6.87. The number of nitrogens with one attached hydrogen (secondary N) is 1. The van der Waals surface area contributed by atoms with E-state index >= 15 is 0 Å². The molecule has 0 aromatic rings. The van der Waals surface area contributed by atoms with E-state index in [1.54, 1.807) is 7.11 Å². The van der Waals surface area contributed by atoms with E-state index in [1.807, 2.05) is 6.08 Å². The Hall–Kier alpha value is -1.32. The largest absolute Gasteiger partial charge is 0.497 e. The van der Waals surface area contributed by atoms with E-state index in [9.17, 15) is 4.91 Å². The van der Waals surface area contributed by atoms with Crippen LogP contribution in [0.4, 0.5) is 0 Å². The van der Waals surface area contributed by atoms with Gasteiger partial charge in [0.15, 0.2) is 0 Å². The molecule has 1 aliphatic carbocycles. The van der Waals surface area contributed by atoms with E-state index in [2.05, 4.69) is 16.6 Å². The summed E-state index contributed by atoms with van der Waals surface area (Å²) in [4.78, 5) is 9.83. The van der Waals surface area contributed by atoms with Crippen molar-refractivity contribution in [3.05, 3.63) is 28.5 Å². The van der Waals surface area contributed by atoms with E-state index in [1.165, 1.54) is 5.70 Å². The average molecular weight is 196 g/mol. The highest BCUT2D eigenvalue weighted by Gasteiger charge is 2.04. The quantitative estimate of drug-likeness (QED) is 0.521. The van der Waals surface area contributed by atoms with E-state index in [4.69, 9.17) is 4.74 Å². The topological polar surface area (TPSA) is 50.7 Å². The Kier molecular flexibility index (Phi) is 4.75. The van der Waals surface area contributed by atoms with E-state index in [-0.39, 0.29) is 0 Å². The highest BCUT2D eigenvalue weighted by atomic mass is 16.5. The zero-order valence-corrected chi connectivity index (χ0v) is 8.45. The zero-order chi connectivity index (χ0) is 10.2. The predicted octanol–water partition coefficient (Wildman–Crippen LogP) is 1.94. The van der Waals surface area contributed by atoms with Crippen molar-refractivity contribution in [2.24, 2.45) is 5.18 Å². The van der Waals surface area contributed by atoms with E-state index in [0.29, 0.717) is 6.54 Å². The first-order valence-corrected chi connectivity index (χ1v) is 4.84. The van der Waals surface area contributed by atoms with Crippen LogP contribution in [0.1, 0.15) is 19.3 Å². The highest BCUT2D eigenvalue weighted by molar-refractivity contribution is 5.22. The van der Waals surface area contributed by atoms with Gasteiger partial charge >= 0.3 is 0 Å². The monoisotopic (exact) mass is 196 g/mol. The summed E-state index contributed by atoms with van der Waals surface area (Å²) < 4.78 is 5.13. The molecule has 0 aromatic carbocycles. The smallest absolute Gasteiger partial charge is 0.116 e. The van der Waals surface area contributed by atoms with Crippen molar-refractivity contribution in [2.45, 2.75) is 19.3 Å². The molecule has 0 saturated carbocycles. The molecule has 0 unspecified atom stereocenters. The molecule has 1 N–H and O–H groups in total. The van der Waals surface area contributed by atoms with Crippen LogP contribution in [0.25, 0.3) is 0 Å². The maximum atomic E-state index is 9.83. The van der Waals surface area contributed by atoms with Gasteiger partial charge in [0, 0.05) is 12.2 Å². The molecule has 1 aliphatic rings. The molecule has 0 heterocycles. The van der Waals surface area contributed by atoms with Crippen LogP contribution in [0, 0.1) is 4.91 Å². The molecule has 0 aliphatic heterocycles. The van der Waals surface area contributed by atoms with Crippen LogP contribution in [0.2, 0.25) is 0 Å². The number of methoxy groups -OCH3 is 1. The lowest BCUT2D eigenvalue weighted by molar-refractivity contribution is 0.302. The number of hydrogen-bond donors (Lipinski definition) is 1. The highest BCUT2D eigenvalue weighted by Crippen LogP contribution is 2.15. The Balaban J connectivity index is 2.26. The van der Waals surface area contributed by atoms with E-state index in [0.717, 1.165) is 31.6 Å². The van der Waals surface area contributed by atoms with Crippen LogP contribution in [0.3, 0.4) is 0 Å². The first-order chi connectivity index (χ1) is 6.86. The summed E-state index contributed by atoms with van der Waals surface area (Å²) in [5, 5.41) is 6.07. The average Bonchev–Trinajstić information content (AvgIpc) is 2.25. The molecule has 0 amide bonds. The molecule has 0 bridgehead atoms.